The first-order valence-electron chi connectivity index (χ1n) is 9.79. The van der Waals surface area contributed by atoms with E-state index in [0.717, 1.165) is 17.7 Å². The summed E-state index contributed by atoms with van der Waals surface area (Å²) in [7, 11) is 1.59. The lowest BCUT2D eigenvalue weighted by molar-refractivity contribution is -0.0588. The molecule has 2 aromatic carbocycles. The fourth-order valence-electron chi connectivity index (χ4n) is 4.26. The smallest absolute Gasteiger partial charge is 0.159 e. The maximum Gasteiger partial charge on any atom is 0.159 e. The van der Waals surface area contributed by atoms with Crippen molar-refractivity contribution in [3.05, 3.63) is 59.2 Å². The summed E-state index contributed by atoms with van der Waals surface area (Å²) in [5, 5.41) is 21.0. The number of nitrogens with zero attached hydrogens (tertiary/aromatic N) is 1. The van der Waals surface area contributed by atoms with Gasteiger partial charge in [-0.2, -0.15) is 0 Å². The minimum Gasteiger partial charge on any atom is -0.497 e. The first-order valence-corrected chi connectivity index (χ1v) is 9.79. The van der Waals surface area contributed by atoms with Gasteiger partial charge in [0.1, 0.15) is 17.1 Å². The molecule has 1 saturated heterocycles. The number of aliphatic hydroxyl groups excluding tert-OH is 2. The number of hydrogen-bond donors (Lipinski definition) is 2. The Hall–Kier alpha value is -2.22. The van der Waals surface area contributed by atoms with Crippen LogP contribution in [0.4, 0.5) is 8.78 Å². The molecule has 0 aromatic heterocycles. The summed E-state index contributed by atoms with van der Waals surface area (Å²) in [5.74, 6) is -0.554. The van der Waals surface area contributed by atoms with Gasteiger partial charge in [0.05, 0.1) is 19.3 Å². The van der Waals surface area contributed by atoms with E-state index in [-0.39, 0.29) is 0 Å². The summed E-state index contributed by atoms with van der Waals surface area (Å²) in [6.45, 7) is 1.67. The SMILES string of the molecule is COc1ccc2c(c1)OC1(CCN(CC(O)c3ccc(F)c(F)c3)CC1)CC2O. The van der Waals surface area contributed by atoms with Gasteiger partial charge in [0.25, 0.3) is 0 Å². The van der Waals surface area contributed by atoms with E-state index in [2.05, 4.69) is 4.90 Å². The maximum atomic E-state index is 13.4. The lowest BCUT2D eigenvalue weighted by Crippen LogP contribution is -2.51. The molecule has 2 aromatic rings. The average molecular weight is 405 g/mol. The molecule has 156 valence electrons. The van der Waals surface area contributed by atoms with Gasteiger partial charge < -0.3 is 24.6 Å². The molecule has 0 bridgehead atoms. The minimum atomic E-state index is -0.960. The zero-order valence-electron chi connectivity index (χ0n) is 16.3. The van der Waals surface area contributed by atoms with Crippen LogP contribution in [-0.4, -0.2) is 47.5 Å². The second-order valence-corrected chi connectivity index (χ2v) is 7.90. The third-order valence-corrected chi connectivity index (χ3v) is 6.00. The second kappa shape index (κ2) is 7.89. The summed E-state index contributed by atoms with van der Waals surface area (Å²) in [4.78, 5) is 2.08. The number of methoxy groups -OCH3 is 1. The number of hydrogen-bond acceptors (Lipinski definition) is 5. The molecule has 2 N–H and O–H groups in total. The fraction of sp³-hybridized carbons (Fsp3) is 0.455. The predicted molar refractivity (Wildman–Crippen MR) is 103 cm³/mol. The van der Waals surface area contributed by atoms with E-state index >= 15 is 0 Å². The number of β-amino-alcohol motifs (C(OH)–C–C–N with tert-alkyl or cyclic N) is 1. The molecular weight excluding hydrogens is 380 g/mol. The van der Waals surface area contributed by atoms with Crippen molar-refractivity contribution in [2.45, 2.75) is 37.1 Å². The Balaban J connectivity index is 1.40. The Morgan fingerprint density at radius 3 is 2.62 bits per heavy atom. The zero-order chi connectivity index (χ0) is 20.6. The number of rotatable bonds is 4. The molecule has 0 amide bonds. The molecule has 1 fully saturated rings. The zero-order valence-corrected chi connectivity index (χ0v) is 16.3. The van der Waals surface area contributed by atoms with Crippen LogP contribution in [0.2, 0.25) is 0 Å². The first-order chi connectivity index (χ1) is 13.9. The molecule has 5 nitrogen and oxygen atoms in total. The molecule has 2 aliphatic heterocycles. The van der Waals surface area contributed by atoms with Gasteiger partial charge in [-0.3, -0.25) is 0 Å². The van der Waals surface area contributed by atoms with E-state index in [0.29, 0.717) is 56.0 Å². The Morgan fingerprint density at radius 1 is 1.17 bits per heavy atom. The Labute approximate surface area is 168 Å². The van der Waals surface area contributed by atoms with Crippen molar-refractivity contribution in [2.24, 2.45) is 0 Å². The third kappa shape index (κ3) is 4.08. The number of aliphatic hydroxyl groups is 2. The van der Waals surface area contributed by atoms with Crippen LogP contribution in [0.1, 0.15) is 42.6 Å². The van der Waals surface area contributed by atoms with Gasteiger partial charge in [-0.1, -0.05) is 6.07 Å². The van der Waals surface area contributed by atoms with Crippen molar-refractivity contribution in [1.29, 1.82) is 0 Å². The van der Waals surface area contributed by atoms with Gasteiger partial charge in [0.2, 0.25) is 0 Å². The predicted octanol–water partition coefficient (Wildman–Crippen LogP) is 3.36. The quantitative estimate of drug-likeness (QED) is 0.817. The van der Waals surface area contributed by atoms with E-state index in [4.69, 9.17) is 9.47 Å². The highest BCUT2D eigenvalue weighted by Crippen LogP contribution is 2.45. The number of halogens is 2. The number of piperidine rings is 1. The van der Waals surface area contributed by atoms with E-state index < -0.39 is 29.4 Å². The lowest BCUT2D eigenvalue weighted by Gasteiger charge is -2.46. The fourth-order valence-corrected chi connectivity index (χ4v) is 4.26. The van der Waals surface area contributed by atoms with E-state index in [1.165, 1.54) is 6.07 Å². The highest BCUT2D eigenvalue weighted by atomic mass is 19.2. The topological polar surface area (TPSA) is 62.2 Å². The van der Waals surface area contributed by atoms with Crippen molar-refractivity contribution in [1.82, 2.24) is 4.90 Å². The molecule has 2 aliphatic rings. The van der Waals surface area contributed by atoms with Crippen LogP contribution in [-0.2, 0) is 0 Å². The normalized spacial score (nSPS) is 22.0. The van der Waals surface area contributed by atoms with Gasteiger partial charge in [-0.25, -0.2) is 8.78 Å². The maximum absolute atomic E-state index is 13.4. The molecule has 4 rings (SSSR count). The summed E-state index contributed by atoms with van der Waals surface area (Å²) >= 11 is 0. The van der Waals surface area contributed by atoms with Gasteiger partial charge in [0, 0.05) is 37.7 Å². The average Bonchev–Trinajstić information content (AvgIpc) is 2.71. The lowest BCUT2D eigenvalue weighted by atomic mass is 9.81. The highest BCUT2D eigenvalue weighted by Gasteiger charge is 2.43. The monoisotopic (exact) mass is 405 g/mol. The highest BCUT2D eigenvalue weighted by molar-refractivity contribution is 5.44. The Kier molecular flexibility index (Phi) is 5.46. The van der Waals surface area contributed by atoms with Gasteiger partial charge in [0.15, 0.2) is 11.6 Å². The van der Waals surface area contributed by atoms with Crippen LogP contribution in [0.5, 0.6) is 11.5 Å². The largest absolute Gasteiger partial charge is 0.497 e. The summed E-state index contributed by atoms with van der Waals surface area (Å²) in [5.41, 5.74) is 0.671. The number of ether oxygens (including phenoxy) is 2. The van der Waals surface area contributed by atoms with Crippen molar-refractivity contribution >= 4 is 0 Å². The standard InChI is InChI=1S/C22H25F2NO4/c1-28-15-3-4-16-19(26)12-22(29-21(16)11-15)6-8-25(9-7-22)13-20(27)14-2-5-17(23)18(24)10-14/h2-5,10-11,19-20,26-27H,6-9,12-13H2,1H3. The molecular formula is C22H25F2NO4. The second-order valence-electron chi connectivity index (χ2n) is 7.90. The van der Waals surface area contributed by atoms with E-state index in [1.54, 1.807) is 13.2 Å². The molecule has 7 heteroatoms. The summed E-state index contributed by atoms with van der Waals surface area (Å²) in [6, 6.07) is 8.92. The number of likely N-dealkylation sites (tertiary alicyclic amines) is 1. The van der Waals surface area contributed by atoms with Crippen molar-refractivity contribution < 1.29 is 28.5 Å². The molecule has 2 unspecified atom stereocenters. The Morgan fingerprint density at radius 2 is 1.93 bits per heavy atom. The van der Waals surface area contributed by atoms with Crippen LogP contribution >= 0.6 is 0 Å². The van der Waals surface area contributed by atoms with Crippen molar-refractivity contribution in [3.8, 4) is 11.5 Å². The van der Waals surface area contributed by atoms with Crippen molar-refractivity contribution in [3.63, 3.8) is 0 Å². The molecule has 2 atom stereocenters. The molecule has 1 spiro atoms. The summed E-state index contributed by atoms with van der Waals surface area (Å²) in [6.07, 6.45) is 0.425. The minimum absolute atomic E-state index is 0.327. The van der Waals surface area contributed by atoms with Gasteiger partial charge in [-0.15, -0.1) is 0 Å². The van der Waals surface area contributed by atoms with Gasteiger partial charge in [-0.05, 0) is 42.7 Å². The van der Waals surface area contributed by atoms with E-state index in [1.807, 2.05) is 12.1 Å². The first kappa shape index (κ1) is 20.1. The van der Waals surface area contributed by atoms with Crippen LogP contribution in [0.25, 0.3) is 0 Å². The van der Waals surface area contributed by atoms with Crippen LogP contribution in [0.3, 0.4) is 0 Å². The van der Waals surface area contributed by atoms with Crippen LogP contribution in [0, 0.1) is 11.6 Å². The van der Waals surface area contributed by atoms with E-state index in [9.17, 15) is 19.0 Å². The molecule has 2 heterocycles. The molecule has 0 radical (unpaired) electrons. The van der Waals surface area contributed by atoms with Crippen LogP contribution in [0.15, 0.2) is 36.4 Å². The molecule has 0 saturated carbocycles. The number of benzene rings is 2. The molecule has 0 aliphatic carbocycles. The Bertz CT molecular complexity index is 883. The molecule has 29 heavy (non-hydrogen) atoms. The third-order valence-electron chi connectivity index (χ3n) is 6.00. The van der Waals surface area contributed by atoms with Crippen LogP contribution < -0.4 is 9.47 Å². The number of fused-ring (bicyclic) bond motifs is 1. The summed E-state index contributed by atoms with van der Waals surface area (Å²) < 4.78 is 38.1. The van der Waals surface area contributed by atoms with Gasteiger partial charge >= 0.3 is 0 Å². The van der Waals surface area contributed by atoms with Crippen molar-refractivity contribution in [2.75, 3.05) is 26.7 Å².